The molecule has 1 aromatic carbocycles. The molecule has 1 fully saturated rings. The fourth-order valence-corrected chi connectivity index (χ4v) is 3.09. The van der Waals surface area contributed by atoms with Crippen LogP contribution in [0.3, 0.4) is 0 Å². The van der Waals surface area contributed by atoms with Crippen LogP contribution in [0.2, 0.25) is 0 Å². The van der Waals surface area contributed by atoms with Crippen molar-refractivity contribution in [1.82, 2.24) is 9.88 Å². The number of aryl methyl sites for hydroxylation is 1. The normalized spacial score (nSPS) is 16.7. The first kappa shape index (κ1) is 17.3. The van der Waals surface area contributed by atoms with Crippen LogP contribution in [0.25, 0.3) is 0 Å². The van der Waals surface area contributed by atoms with Gasteiger partial charge in [-0.2, -0.15) is 0 Å². The summed E-state index contributed by atoms with van der Waals surface area (Å²) in [6, 6.07) is 13.9. The predicted molar refractivity (Wildman–Crippen MR) is 98.9 cm³/mol. The topological polar surface area (TPSA) is 45.7 Å². The average Bonchev–Trinajstić information content (AvgIpc) is 3.09. The lowest BCUT2D eigenvalue weighted by Gasteiger charge is -2.20. The number of anilines is 1. The van der Waals surface area contributed by atoms with Crippen LogP contribution in [0.5, 0.6) is 5.75 Å². The van der Waals surface area contributed by atoms with Crippen molar-refractivity contribution >= 4 is 11.7 Å². The SMILES string of the molecule is CN(C)c1ncccc1O[C@H]1CCN(C(=O)CCc2ccccc2)C1. The monoisotopic (exact) mass is 339 g/mol. The molecule has 0 aliphatic carbocycles. The number of pyridine rings is 1. The number of hydrogen-bond acceptors (Lipinski definition) is 4. The molecule has 1 saturated heterocycles. The molecule has 132 valence electrons. The summed E-state index contributed by atoms with van der Waals surface area (Å²) in [5, 5.41) is 0. The minimum atomic E-state index is 0.0311. The van der Waals surface area contributed by atoms with Gasteiger partial charge in [-0.05, 0) is 24.1 Å². The highest BCUT2D eigenvalue weighted by Gasteiger charge is 2.28. The third-order valence-electron chi connectivity index (χ3n) is 4.44. The van der Waals surface area contributed by atoms with E-state index in [0.29, 0.717) is 13.0 Å². The Morgan fingerprint density at radius 3 is 2.80 bits per heavy atom. The van der Waals surface area contributed by atoms with E-state index < -0.39 is 0 Å². The number of aromatic nitrogens is 1. The molecule has 0 N–H and O–H groups in total. The van der Waals surface area contributed by atoms with Gasteiger partial charge in [0.25, 0.3) is 0 Å². The Labute approximate surface area is 149 Å². The second kappa shape index (κ2) is 8.01. The highest BCUT2D eigenvalue weighted by molar-refractivity contribution is 5.76. The zero-order chi connectivity index (χ0) is 17.6. The van der Waals surface area contributed by atoms with E-state index in [0.717, 1.165) is 31.0 Å². The molecule has 0 saturated carbocycles. The quantitative estimate of drug-likeness (QED) is 0.812. The Bertz CT molecular complexity index is 703. The molecular formula is C20H25N3O2. The van der Waals surface area contributed by atoms with Crippen molar-refractivity contribution in [3.63, 3.8) is 0 Å². The van der Waals surface area contributed by atoms with Gasteiger partial charge in [-0.1, -0.05) is 30.3 Å². The van der Waals surface area contributed by atoms with E-state index in [-0.39, 0.29) is 12.0 Å². The van der Waals surface area contributed by atoms with E-state index in [1.807, 2.05) is 54.2 Å². The summed E-state index contributed by atoms with van der Waals surface area (Å²) in [5.41, 5.74) is 1.20. The second-order valence-electron chi connectivity index (χ2n) is 6.57. The Morgan fingerprint density at radius 2 is 2.04 bits per heavy atom. The molecule has 25 heavy (non-hydrogen) atoms. The van der Waals surface area contributed by atoms with Gasteiger partial charge in [0.15, 0.2) is 11.6 Å². The molecule has 1 amide bonds. The molecule has 1 atom stereocenters. The van der Waals surface area contributed by atoms with Crippen molar-refractivity contribution in [3.8, 4) is 5.75 Å². The minimum absolute atomic E-state index is 0.0311. The van der Waals surface area contributed by atoms with Gasteiger partial charge in [0.2, 0.25) is 5.91 Å². The van der Waals surface area contributed by atoms with E-state index in [2.05, 4.69) is 17.1 Å². The number of hydrogen-bond donors (Lipinski definition) is 0. The molecule has 0 unspecified atom stereocenters. The molecule has 1 aliphatic heterocycles. The molecule has 3 rings (SSSR count). The number of rotatable bonds is 6. The van der Waals surface area contributed by atoms with Crippen LogP contribution < -0.4 is 9.64 Å². The standard InChI is InChI=1S/C20H25N3O2/c1-22(2)20-18(9-6-13-21-20)25-17-12-14-23(15-17)19(24)11-10-16-7-4-3-5-8-16/h3-9,13,17H,10-12,14-15H2,1-2H3/t17-/m0/s1. The number of amides is 1. The Balaban J connectivity index is 1.52. The van der Waals surface area contributed by atoms with Gasteiger partial charge in [0.05, 0.1) is 6.54 Å². The van der Waals surface area contributed by atoms with E-state index in [4.69, 9.17) is 4.74 Å². The maximum Gasteiger partial charge on any atom is 0.223 e. The summed E-state index contributed by atoms with van der Waals surface area (Å²) >= 11 is 0. The summed E-state index contributed by atoms with van der Waals surface area (Å²) in [5.74, 6) is 1.79. The van der Waals surface area contributed by atoms with Gasteiger partial charge < -0.3 is 14.5 Å². The summed E-state index contributed by atoms with van der Waals surface area (Å²) < 4.78 is 6.11. The van der Waals surface area contributed by atoms with E-state index in [9.17, 15) is 4.79 Å². The molecule has 0 bridgehead atoms. The highest BCUT2D eigenvalue weighted by atomic mass is 16.5. The first-order chi connectivity index (χ1) is 12.1. The lowest BCUT2D eigenvalue weighted by Crippen LogP contribution is -2.31. The number of likely N-dealkylation sites (tertiary alicyclic amines) is 1. The first-order valence-corrected chi connectivity index (χ1v) is 8.74. The lowest BCUT2D eigenvalue weighted by atomic mass is 10.1. The molecule has 2 heterocycles. The average molecular weight is 339 g/mol. The molecule has 5 heteroatoms. The van der Waals surface area contributed by atoms with Crippen molar-refractivity contribution in [3.05, 3.63) is 54.2 Å². The van der Waals surface area contributed by atoms with Gasteiger partial charge in [-0.3, -0.25) is 4.79 Å². The summed E-state index contributed by atoms with van der Waals surface area (Å²) in [6.45, 7) is 1.41. The van der Waals surface area contributed by atoms with Crippen LogP contribution in [0.15, 0.2) is 48.7 Å². The Kier molecular flexibility index (Phi) is 5.53. The number of ether oxygens (including phenoxy) is 1. The van der Waals surface area contributed by atoms with Crippen molar-refractivity contribution in [2.45, 2.75) is 25.4 Å². The maximum atomic E-state index is 12.4. The molecule has 1 aliphatic rings. The Hall–Kier alpha value is -2.56. The van der Waals surface area contributed by atoms with Crippen molar-refractivity contribution in [2.75, 3.05) is 32.1 Å². The molecule has 5 nitrogen and oxygen atoms in total. The van der Waals surface area contributed by atoms with Crippen LogP contribution in [-0.2, 0) is 11.2 Å². The van der Waals surface area contributed by atoms with E-state index in [1.54, 1.807) is 6.20 Å². The van der Waals surface area contributed by atoms with E-state index in [1.165, 1.54) is 5.56 Å². The minimum Gasteiger partial charge on any atom is -0.485 e. The number of carbonyl (C=O) groups is 1. The lowest BCUT2D eigenvalue weighted by molar-refractivity contribution is -0.130. The fraction of sp³-hybridized carbons (Fsp3) is 0.400. The zero-order valence-electron chi connectivity index (χ0n) is 14.9. The predicted octanol–water partition coefficient (Wildman–Crippen LogP) is 2.76. The zero-order valence-corrected chi connectivity index (χ0v) is 14.9. The van der Waals surface area contributed by atoms with Crippen LogP contribution in [0.1, 0.15) is 18.4 Å². The highest BCUT2D eigenvalue weighted by Crippen LogP contribution is 2.26. The van der Waals surface area contributed by atoms with Crippen molar-refractivity contribution in [1.29, 1.82) is 0 Å². The molecule has 2 aromatic rings. The maximum absolute atomic E-state index is 12.4. The Morgan fingerprint density at radius 1 is 1.24 bits per heavy atom. The molecular weight excluding hydrogens is 314 g/mol. The van der Waals surface area contributed by atoms with Crippen LogP contribution >= 0.6 is 0 Å². The molecule has 0 spiro atoms. The van der Waals surface area contributed by atoms with Gasteiger partial charge in [0, 0.05) is 39.7 Å². The van der Waals surface area contributed by atoms with E-state index >= 15 is 0 Å². The molecule has 0 radical (unpaired) electrons. The van der Waals surface area contributed by atoms with Gasteiger partial charge in [0.1, 0.15) is 6.10 Å². The second-order valence-corrected chi connectivity index (χ2v) is 6.57. The molecule has 1 aromatic heterocycles. The third-order valence-corrected chi connectivity index (χ3v) is 4.44. The summed E-state index contributed by atoms with van der Waals surface area (Å²) in [6.07, 6.45) is 3.99. The van der Waals surface area contributed by atoms with Crippen molar-refractivity contribution in [2.24, 2.45) is 0 Å². The van der Waals surface area contributed by atoms with Crippen LogP contribution in [-0.4, -0.2) is 49.1 Å². The number of carbonyl (C=O) groups excluding carboxylic acids is 1. The largest absolute Gasteiger partial charge is 0.485 e. The van der Waals surface area contributed by atoms with Crippen LogP contribution in [0, 0.1) is 0 Å². The van der Waals surface area contributed by atoms with Gasteiger partial charge in [-0.15, -0.1) is 0 Å². The number of nitrogens with zero attached hydrogens (tertiary/aromatic N) is 3. The fourth-order valence-electron chi connectivity index (χ4n) is 3.09. The number of benzene rings is 1. The third kappa shape index (κ3) is 4.50. The smallest absolute Gasteiger partial charge is 0.223 e. The van der Waals surface area contributed by atoms with Crippen molar-refractivity contribution < 1.29 is 9.53 Å². The van der Waals surface area contributed by atoms with Crippen LogP contribution in [0.4, 0.5) is 5.82 Å². The van der Waals surface area contributed by atoms with Gasteiger partial charge in [-0.25, -0.2) is 4.98 Å². The van der Waals surface area contributed by atoms with Gasteiger partial charge >= 0.3 is 0 Å². The summed E-state index contributed by atoms with van der Waals surface area (Å²) in [7, 11) is 3.90. The first-order valence-electron chi connectivity index (χ1n) is 8.74. The summed E-state index contributed by atoms with van der Waals surface area (Å²) in [4.78, 5) is 20.7.